The Kier molecular flexibility index (Phi) is 9.43. The van der Waals surface area contributed by atoms with Crippen molar-refractivity contribution in [1.82, 2.24) is 24.1 Å². The topological polar surface area (TPSA) is 48.5 Å². The van der Waals surface area contributed by atoms with Gasteiger partial charge in [0.25, 0.3) is 0 Å². The third-order valence-electron chi connectivity index (χ3n) is 13.2. The van der Waals surface area contributed by atoms with Crippen LogP contribution in [0.25, 0.3) is 123 Å². The molecule has 0 aliphatic heterocycles. The van der Waals surface area contributed by atoms with E-state index in [9.17, 15) is 0 Å². The standard InChI is InChI=1S/C63H41N5/c1-4-17-42(18-5-1)44-33-35-46(36-34-44)62-64-61(45-21-8-3-9-22-45)65-63(66-62)50-26-14-23-47(39-50)49-25-16-28-52(41-49)68-58-32-13-11-30-54(58)56-38-37-55-53-29-10-12-31-57(53)67(59(55)60(56)68)51-27-15-24-48(40-51)43-19-6-2-7-20-43/h1-41H. The molecule has 10 aromatic carbocycles. The Morgan fingerprint density at radius 2 is 0.559 bits per heavy atom. The second kappa shape index (κ2) is 16.4. The number of rotatable bonds is 8. The SMILES string of the molecule is c1ccc(-c2ccc(-c3nc(-c4ccccc4)nc(-c4cccc(-c5cccc(-n6c7ccccc7c7ccc8c9ccccc9n(-c9cccc(-c%10ccccc%10)c9)c8c76)c5)c4)n3)cc2)cc1. The highest BCUT2D eigenvalue weighted by Gasteiger charge is 2.22. The zero-order valence-corrected chi connectivity index (χ0v) is 36.9. The van der Waals surface area contributed by atoms with E-state index >= 15 is 0 Å². The predicted octanol–water partition coefficient (Wildman–Crippen LogP) is 16.1. The maximum absolute atomic E-state index is 5.14. The van der Waals surface area contributed by atoms with Gasteiger partial charge in [0, 0.05) is 49.6 Å². The molecule has 0 unspecified atom stereocenters. The molecule has 0 bridgehead atoms. The Morgan fingerprint density at radius 3 is 1.09 bits per heavy atom. The Hall–Kier alpha value is -9.19. The fourth-order valence-corrected chi connectivity index (χ4v) is 9.95. The molecule has 68 heavy (non-hydrogen) atoms. The molecule has 0 saturated heterocycles. The summed E-state index contributed by atoms with van der Waals surface area (Å²) in [6.07, 6.45) is 0. The largest absolute Gasteiger partial charge is 0.307 e. The van der Waals surface area contributed by atoms with Crippen molar-refractivity contribution >= 4 is 43.6 Å². The van der Waals surface area contributed by atoms with Gasteiger partial charge in [0.15, 0.2) is 17.5 Å². The van der Waals surface area contributed by atoms with E-state index in [1.165, 1.54) is 54.8 Å². The molecule has 0 fully saturated rings. The molecule has 5 heteroatoms. The van der Waals surface area contributed by atoms with Crippen molar-refractivity contribution in [2.75, 3.05) is 0 Å². The quantitative estimate of drug-likeness (QED) is 0.153. The lowest BCUT2D eigenvalue weighted by atomic mass is 10.0. The highest BCUT2D eigenvalue weighted by Crippen LogP contribution is 2.42. The number of aromatic nitrogens is 5. The van der Waals surface area contributed by atoms with Gasteiger partial charge in [0.2, 0.25) is 0 Å². The molecular weight excluding hydrogens is 827 g/mol. The summed E-state index contributed by atoms with van der Waals surface area (Å²) in [7, 11) is 0. The molecule has 3 aromatic heterocycles. The Balaban J connectivity index is 0.964. The van der Waals surface area contributed by atoms with E-state index in [1.807, 2.05) is 36.4 Å². The van der Waals surface area contributed by atoms with Gasteiger partial charge < -0.3 is 9.13 Å². The van der Waals surface area contributed by atoms with Crippen LogP contribution in [0, 0.1) is 0 Å². The van der Waals surface area contributed by atoms with E-state index in [2.05, 4.69) is 221 Å². The van der Waals surface area contributed by atoms with Crippen molar-refractivity contribution in [3.63, 3.8) is 0 Å². The number of benzene rings is 10. The average molecular weight is 868 g/mol. The molecule has 0 N–H and O–H groups in total. The van der Waals surface area contributed by atoms with Gasteiger partial charge in [-0.25, -0.2) is 15.0 Å². The monoisotopic (exact) mass is 867 g/mol. The first-order valence-corrected chi connectivity index (χ1v) is 23.0. The summed E-state index contributed by atoms with van der Waals surface area (Å²) in [5.41, 5.74) is 16.5. The lowest BCUT2D eigenvalue weighted by molar-refractivity contribution is 1.07. The van der Waals surface area contributed by atoms with Crippen LogP contribution in [0.2, 0.25) is 0 Å². The van der Waals surface area contributed by atoms with Crippen molar-refractivity contribution in [3.8, 4) is 78.9 Å². The minimum Gasteiger partial charge on any atom is -0.307 e. The lowest BCUT2D eigenvalue weighted by Crippen LogP contribution is -2.00. The van der Waals surface area contributed by atoms with Crippen LogP contribution in [0.3, 0.4) is 0 Å². The second-order valence-electron chi connectivity index (χ2n) is 17.2. The van der Waals surface area contributed by atoms with E-state index in [0.717, 1.165) is 50.3 Å². The molecule has 0 radical (unpaired) electrons. The summed E-state index contributed by atoms with van der Waals surface area (Å²) in [5, 5.41) is 4.85. The molecule has 0 amide bonds. The normalized spacial score (nSPS) is 11.5. The van der Waals surface area contributed by atoms with Crippen molar-refractivity contribution in [2.45, 2.75) is 0 Å². The molecule has 13 rings (SSSR count). The van der Waals surface area contributed by atoms with Crippen molar-refractivity contribution in [2.24, 2.45) is 0 Å². The molecule has 3 heterocycles. The van der Waals surface area contributed by atoms with Gasteiger partial charge in [0.05, 0.1) is 22.1 Å². The molecular formula is C63H41N5. The fraction of sp³-hybridized carbons (Fsp3) is 0. The van der Waals surface area contributed by atoms with Crippen molar-refractivity contribution in [1.29, 1.82) is 0 Å². The van der Waals surface area contributed by atoms with Gasteiger partial charge in [0.1, 0.15) is 0 Å². The van der Waals surface area contributed by atoms with Crippen LogP contribution in [0.5, 0.6) is 0 Å². The van der Waals surface area contributed by atoms with Crippen molar-refractivity contribution in [3.05, 3.63) is 249 Å². The van der Waals surface area contributed by atoms with E-state index in [0.29, 0.717) is 17.5 Å². The summed E-state index contributed by atoms with van der Waals surface area (Å²) < 4.78 is 4.93. The minimum atomic E-state index is 0.618. The fourth-order valence-electron chi connectivity index (χ4n) is 9.95. The number of fused-ring (bicyclic) bond motifs is 7. The molecule has 0 aliphatic carbocycles. The van der Waals surface area contributed by atoms with Crippen LogP contribution < -0.4 is 0 Å². The van der Waals surface area contributed by atoms with Crippen molar-refractivity contribution < 1.29 is 0 Å². The van der Waals surface area contributed by atoms with Crippen LogP contribution >= 0.6 is 0 Å². The van der Waals surface area contributed by atoms with Crippen LogP contribution in [0.1, 0.15) is 0 Å². The Bertz CT molecular complexity index is 4000. The van der Waals surface area contributed by atoms with E-state index < -0.39 is 0 Å². The van der Waals surface area contributed by atoms with Gasteiger partial charge >= 0.3 is 0 Å². The van der Waals surface area contributed by atoms with Gasteiger partial charge in [-0.05, 0) is 75.8 Å². The van der Waals surface area contributed by atoms with Gasteiger partial charge in [-0.2, -0.15) is 0 Å². The van der Waals surface area contributed by atoms with Gasteiger partial charge in [-0.3, -0.25) is 0 Å². The molecule has 0 aliphatic rings. The first-order valence-electron chi connectivity index (χ1n) is 23.0. The average Bonchev–Trinajstić information content (AvgIpc) is 3.95. The highest BCUT2D eigenvalue weighted by molar-refractivity contribution is 6.23. The zero-order chi connectivity index (χ0) is 45.0. The van der Waals surface area contributed by atoms with Crippen LogP contribution in [-0.2, 0) is 0 Å². The molecule has 318 valence electrons. The summed E-state index contributed by atoms with van der Waals surface area (Å²) in [6, 6.07) is 88.3. The molecule has 5 nitrogen and oxygen atoms in total. The smallest absolute Gasteiger partial charge is 0.164 e. The van der Waals surface area contributed by atoms with E-state index in [4.69, 9.17) is 15.0 Å². The third-order valence-corrected chi connectivity index (χ3v) is 13.2. The Labute approximate surface area is 393 Å². The van der Waals surface area contributed by atoms with Crippen LogP contribution in [-0.4, -0.2) is 24.1 Å². The molecule has 0 spiro atoms. The van der Waals surface area contributed by atoms with E-state index in [1.54, 1.807) is 0 Å². The molecule has 0 saturated carbocycles. The predicted molar refractivity (Wildman–Crippen MR) is 281 cm³/mol. The number of hydrogen-bond donors (Lipinski definition) is 0. The first kappa shape index (κ1) is 39.2. The summed E-state index contributed by atoms with van der Waals surface area (Å²) in [4.78, 5) is 15.3. The molecule has 13 aromatic rings. The van der Waals surface area contributed by atoms with Gasteiger partial charge in [-0.1, -0.05) is 206 Å². The van der Waals surface area contributed by atoms with Crippen LogP contribution in [0.15, 0.2) is 249 Å². The third kappa shape index (κ3) is 6.76. The highest BCUT2D eigenvalue weighted by atomic mass is 15.0. The minimum absolute atomic E-state index is 0.618. The summed E-state index contributed by atoms with van der Waals surface area (Å²) in [6.45, 7) is 0. The Morgan fingerprint density at radius 1 is 0.221 bits per heavy atom. The summed E-state index contributed by atoms with van der Waals surface area (Å²) >= 11 is 0. The zero-order valence-electron chi connectivity index (χ0n) is 36.9. The first-order chi connectivity index (χ1) is 33.7. The second-order valence-corrected chi connectivity index (χ2v) is 17.2. The summed E-state index contributed by atoms with van der Waals surface area (Å²) in [5.74, 6) is 1.88. The number of hydrogen-bond acceptors (Lipinski definition) is 3. The maximum atomic E-state index is 5.14. The number of para-hydroxylation sites is 2. The lowest BCUT2D eigenvalue weighted by Gasteiger charge is -2.14. The van der Waals surface area contributed by atoms with Crippen LogP contribution in [0.4, 0.5) is 0 Å². The van der Waals surface area contributed by atoms with Gasteiger partial charge in [-0.15, -0.1) is 0 Å². The van der Waals surface area contributed by atoms with E-state index in [-0.39, 0.29) is 0 Å². The molecule has 0 atom stereocenters. The maximum Gasteiger partial charge on any atom is 0.164 e. The number of nitrogens with zero attached hydrogens (tertiary/aromatic N) is 5.